The highest BCUT2D eigenvalue weighted by Gasteiger charge is 2.43. The molecular formula is C17H19ClF3N5O5. The fraction of sp³-hybridized carbons (Fsp3) is 0.412. The quantitative estimate of drug-likeness (QED) is 0.421. The third kappa shape index (κ3) is 5.76. The van der Waals surface area contributed by atoms with Crippen molar-refractivity contribution in [2.75, 3.05) is 37.6 Å². The number of hydrogen-bond acceptors (Lipinski definition) is 5. The second-order valence-corrected chi connectivity index (χ2v) is 7.19. The molecule has 1 aromatic carbocycles. The number of nitrogens with one attached hydrogen (secondary N) is 3. The lowest BCUT2D eigenvalue weighted by molar-refractivity contribution is -0.192. The molecule has 14 heteroatoms. The van der Waals surface area contributed by atoms with Crippen LogP contribution in [0.15, 0.2) is 18.2 Å². The number of alkyl halides is 3. The molecule has 2 fully saturated rings. The third-order valence-corrected chi connectivity index (χ3v) is 4.97. The number of hydrogen-bond donors (Lipinski definition) is 5. The molecule has 0 radical (unpaired) electrons. The van der Waals surface area contributed by atoms with Gasteiger partial charge in [0.15, 0.2) is 0 Å². The number of carboxylic acid groups (broad SMARTS) is 1. The number of carbonyl (C=O) groups excluding carboxylic acids is 3. The summed E-state index contributed by atoms with van der Waals surface area (Å²) < 4.78 is 31.7. The van der Waals surface area contributed by atoms with Crippen molar-refractivity contribution in [2.45, 2.75) is 6.18 Å². The van der Waals surface area contributed by atoms with Gasteiger partial charge in [0.05, 0.1) is 16.0 Å². The molecular weight excluding hydrogens is 447 g/mol. The zero-order valence-corrected chi connectivity index (χ0v) is 16.6. The van der Waals surface area contributed by atoms with E-state index in [1.54, 1.807) is 18.2 Å². The monoisotopic (exact) mass is 465 g/mol. The minimum absolute atomic E-state index is 0.138. The predicted octanol–water partition coefficient (Wildman–Crippen LogP) is 0.308. The van der Waals surface area contributed by atoms with Gasteiger partial charge >= 0.3 is 18.2 Å². The van der Waals surface area contributed by atoms with Crippen LogP contribution in [0.4, 0.5) is 23.7 Å². The number of carboxylic acids is 1. The Balaban J connectivity index is 0.000000423. The topological polar surface area (TPSA) is 154 Å². The summed E-state index contributed by atoms with van der Waals surface area (Å²) >= 11 is 6.11. The molecule has 0 unspecified atom stereocenters. The molecule has 0 aromatic heterocycles. The van der Waals surface area contributed by atoms with Gasteiger partial charge in [0.2, 0.25) is 5.91 Å². The van der Waals surface area contributed by atoms with Crippen LogP contribution >= 0.6 is 11.6 Å². The highest BCUT2D eigenvalue weighted by Crippen LogP contribution is 2.25. The second-order valence-electron chi connectivity index (χ2n) is 6.78. The number of benzene rings is 1. The number of nitrogens with two attached hydrogens (primary N) is 1. The molecule has 0 spiro atoms. The number of carbonyl (C=O) groups is 4. The van der Waals surface area contributed by atoms with Gasteiger partial charge in [0, 0.05) is 38.4 Å². The first kappa shape index (κ1) is 24.2. The lowest BCUT2D eigenvalue weighted by atomic mass is 9.81. The molecule has 2 aliphatic rings. The Labute approximate surface area is 178 Å². The summed E-state index contributed by atoms with van der Waals surface area (Å²) in [7, 11) is 0. The average molecular weight is 466 g/mol. The Kier molecular flexibility index (Phi) is 7.33. The number of nitrogens with zero attached hydrogens (tertiary/aromatic N) is 1. The molecule has 0 saturated carbocycles. The Hall–Kier alpha value is -3.06. The number of halogens is 4. The summed E-state index contributed by atoms with van der Waals surface area (Å²) in [6.45, 7) is 2.09. The summed E-state index contributed by atoms with van der Waals surface area (Å²) in [5.41, 5.74) is 5.49. The van der Waals surface area contributed by atoms with E-state index in [2.05, 4.69) is 16.0 Å². The summed E-state index contributed by atoms with van der Waals surface area (Å²) in [5.74, 6) is -3.61. The van der Waals surface area contributed by atoms with Crippen LogP contribution < -0.4 is 26.6 Å². The van der Waals surface area contributed by atoms with Gasteiger partial charge in [-0.25, -0.2) is 9.59 Å². The van der Waals surface area contributed by atoms with Crippen LogP contribution in [0.5, 0.6) is 0 Å². The minimum atomic E-state index is -5.08. The van der Waals surface area contributed by atoms with Crippen LogP contribution in [0.2, 0.25) is 5.02 Å². The molecule has 2 heterocycles. The van der Waals surface area contributed by atoms with Gasteiger partial charge in [-0.15, -0.1) is 0 Å². The second kappa shape index (κ2) is 9.39. The van der Waals surface area contributed by atoms with Gasteiger partial charge in [-0.3, -0.25) is 14.5 Å². The standard InChI is InChI=1S/C15H18ClN5O3.C2HF3O2/c16-11-2-1-9(21-4-3-19-14(21)24)5-10(11)12(22)20-8-15(13(17)23)6-18-7-15;3-2(4,5)1(6)7/h1-2,5,18H,3-4,6-8H2,(H2,17,23)(H,19,24)(H,20,22);(H,6,7). The maximum atomic E-state index is 12.4. The van der Waals surface area contributed by atoms with Crippen LogP contribution in [0.1, 0.15) is 10.4 Å². The van der Waals surface area contributed by atoms with Crippen molar-refractivity contribution in [3.63, 3.8) is 0 Å². The third-order valence-electron chi connectivity index (χ3n) is 4.64. The Bertz CT molecular complexity index is 891. The van der Waals surface area contributed by atoms with Crippen molar-refractivity contribution in [3.8, 4) is 0 Å². The van der Waals surface area contributed by atoms with E-state index in [9.17, 15) is 27.6 Å². The molecule has 0 atom stereocenters. The van der Waals surface area contributed by atoms with E-state index in [1.165, 1.54) is 4.90 Å². The first-order valence-corrected chi connectivity index (χ1v) is 9.19. The highest BCUT2D eigenvalue weighted by molar-refractivity contribution is 6.34. The number of aliphatic carboxylic acids is 1. The fourth-order valence-corrected chi connectivity index (χ4v) is 2.93. The Morgan fingerprint density at radius 3 is 2.32 bits per heavy atom. The van der Waals surface area contributed by atoms with E-state index in [1.807, 2.05) is 0 Å². The predicted molar refractivity (Wildman–Crippen MR) is 103 cm³/mol. The van der Waals surface area contributed by atoms with Crippen LogP contribution in [-0.4, -0.2) is 67.8 Å². The molecule has 6 N–H and O–H groups in total. The summed E-state index contributed by atoms with van der Waals surface area (Å²) in [5, 5.41) is 15.8. The molecule has 2 aliphatic heterocycles. The van der Waals surface area contributed by atoms with E-state index in [4.69, 9.17) is 27.2 Å². The number of urea groups is 1. The zero-order valence-electron chi connectivity index (χ0n) is 15.9. The van der Waals surface area contributed by atoms with E-state index in [0.717, 1.165) is 0 Å². The average Bonchev–Trinajstić information content (AvgIpc) is 3.06. The molecule has 0 aliphatic carbocycles. The number of amides is 4. The van der Waals surface area contributed by atoms with Gasteiger partial charge < -0.3 is 26.8 Å². The number of primary amides is 1. The number of rotatable bonds is 5. The molecule has 1 aromatic rings. The van der Waals surface area contributed by atoms with Gasteiger partial charge in [-0.2, -0.15) is 13.2 Å². The lowest BCUT2D eigenvalue weighted by Gasteiger charge is -2.39. The minimum Gasteiger partial charge on any atom is -0.475 e. The molecule has 10 nitrogen and oxygen atoms in total. The smallest absolute Gasteiger partial charge is 0.475 e. The number of anilines is 1. The molecule has 4 amide bonds. The van der Waals surface area contributed by atoms with Crippen molar-refractivity contribution in [1.82, 2.24) is 16.0 Å². The van der Waals surface area contributed by atoms with Crippen LogP contribution in [0.3, 0.4) is 0 Å². The maximum Gasteiger partial charge on any atom is 0.490 e. The Morgan fingerprint density at radius 2 is 1.90 bits per heavy atom. The molecule has 0 bridgehead atoms. The highest BCUT2D eigenvalue weighted by atomic mass is 35.5. The summed E-state index contributed by atoms with van der Waals surface area (Å²) in [4.78, 5) is 46.1. The van der Waals surface area contributed by atoms with Crippen LogP contribution in [0, 0.1) is 5.41 Å². The van der Waals surface area contributed by atoms with Crippen molar-refractivity contribution >= 4 is 41.1 Å². The summed E-state index contributed by atoms with van der Waals surface area (Å²) in [6.07, 6.45) is -5.08. The Morgan fingerprint density at radius 1 is 1.29 bits per heavy atom. The molecule has 31 heavy (non-hydrogen) atoms. The van der Waals surface area contributed by atoms with Gasteiger partial charge in [0.25, 0.3) is 5.91 Å². The van der Waals surface area contributed by atoms with Crippen molar-refractivity contribution in [2.24, 2.45) is 11.1 Å². The fourth-order valence-electron chi connectivity index (χ4n) is 2.73. The molecule has 2 saturated heterocycles. The van der Waals surface area contributed by atoms with Crippen LogP contribution in [-0.2, 0) is 9.59 Å². The largest absolute Gasteiger partial charge is 0.490 e. The maximum absolute atomic E-state index is 12.4. The molecule has 3 rings (SSSR count). The van der Waals surface area contributed by atoms with Gasteiger partial charge in [0.1, 0.15) is 0 Å². The van der Waals surface area contributed by atoms with E-state index in [0.29, 0.717) is 31.9 Å². The van der Waals surface area contributed by atoms with E-state index in [-0.39, 0.29) is 23.2 Å². The van der Waals surface area contributed by atoms with Gasteiger partial charge in [-0.1, -0.05) is 11.6 Å². The van der Waals surface area contributed by atoms with E-state index >= 15 is 0 Å². The first-order chi connectivity index (χ1) is 14.4. The van der Waals surface area contributed by atoms with Crippen LogP contribution in [0.25, 0.3) is 0 Å². The zero-order chi connectivity index (χ0) is 23.4. The van der Waals surface area contributed by atoms with E-state index < -0.39 is 29.4 Å². The van der Waals surface area contributed by atoms with Gasteiger partial charge in [-0.05, 0) is 18.2 Å². The molecule has 170 valence electrons. The normalized spacial score (nSPS) is 17.0. The SMILES string of the molecule is NC(=O)C1(CNC(=O)c2cc(N3CCNC3=O)ccc2Cl)CNC1.O=C(O)C(F)(F)F. The summed E-state index contributed by atoms with van der Waals surface area (Å²) in [6, 6.07) is 4.62. The van der Waals surface area contributed by atoms with Crippen molar-refractivity contribution in [3.05, 3.63) is 28.8 Å². The lowest BCUT2D eigenvalue weighted by Crippen LogP contribution is -2.65. The van der Waals surface area contributed by atoms with Crippen molar-refractivity contribution < 1.29 is 37.5 Å². The van der Waals surface area contributed by atoms with Crippen molar-refractivity contribution in [1.29, 1.82) is 0 Å². The first-order valence-electron chi connectivity index (χ1n) is 8.81.